The largest absolute Gasteiger partial charge is 0.308 e. The number of amides is 1. The number of nitrogens with zero attached hydrogens (tertiary/aromatic N) is 4. The van der Waals surface area contributed by atoms with Crippen molar-refractivity contribution in [1.82, 2.24) is 14.2 Å². The Morgan fingerprint density at radius 2 is 1.81 bits per heavy atom. The van der Waals surface area contributed by atoms with Gasteiger partial charge in [0.15, 0.2) is 5.13 Å². The maximum absolute atomic E-state index is 13.6. The summed E-state index contributed by atoms with van der Waals surface area (Å²) in [5.41, 5.74) is 3.65. The van der Waals surface area contributed by atoms with Crippen molar-refractivity contribution in [3.8, 4) is 0 Å². The fourth-order valence-electron chi connectivity index (χ4n) is 4.35. The summed E-state index contributed by atoms with van der Waals surface area (Å²) in [4.78, 5) is 22.4. The van der Waals surface area contributed by atoms with E-state index in [-0.39, 0.29) is 23.2 Å². The summed E-state index contributed by atoms with van der Waals surface area (Å²) >= 11 is 1.50. The molecule has 3 aromatic rings. The van der Waals surface area contributed by atoms with E-state index in [0.29, 0.717) is 42.8 Å². The van der Waals surface area contributed by atoms with Gasteiger partial charge in [0.05, 0.1) is 15.1 Å². The molecule has 2 heterocycles. The zero-order valence-electron chi connectivity index (χ0n) is 21.5. The van der Waals surface area contributed by atoms with Crippen LogP contribution >= 0.6 is 23.7 Å². The molecule has 1 unspecified atom stereocenters. The van der Waals surface area contributed by atoms with Gasteiger partial charge in [-0.2, -0.15) is 4.31 Å². The molecule has 4 rings (SSSR count). The predicted molar refractivity (Wildman–Crippen MR) is 150 cm³/mol. The summed E-state index contributed by atoms with van der Waals surface area (Å²) in [7, 11) is 0.370. The van der Waals surface area contributed by atoms with E-state index in [4.69, 9.17) is 4.98 Å². The second kappa shape index (κ2) is 11.6. The molecule has 1 aliphatic rings. The number of carbonyl (C=O) groups excluding carboxylic acids is 1. The van der Waals surface area contributed by atoms with Gasteiger partial charge in [0, 0.05) is 31.7 Å². The van der Waals surface area contributed by atoms with Crippen molar-refractivity contribution >= 4 is 55.0 Å². The zero-order valence-corrected chi connectivity index (χ0v) is 24.0. The smallest absolute Gasteiger partial charge is 0.260 e. The molecule has 1 atom stereocenters. The molecule has 196 valence electrons. The normalized spacial score (nSPS) is 16.8. The number of aryl methyl sites for hydroxylation is 2. The molecule has 1 aliphatic heterocycles. The average Bonchev–Trinajstić information content (AvgIpc) is 3.26. The molecule has 0 N–H and O–H groups in total. The van der Waals surface area contributed by atoms with Gasteiger partial charge < -0.3 is 4.90 Å². The van der Waals surface area contributed by atoms with Crippen LogP contribution in [0, 0.1) is 19.8 Å². The first-order valence-corrected chi connectivity index (χ1v) is 14.3. The third kappa shape index (κ3) is 5.92. The van der Waals surface area contributed by atoms with Crippen molar-refractivity contribution in [2.75, 3.05) is 45.2 Å². The Morgan fingerprint density at radius 3 is 2.44 bits per heavy atom. The molecule has 0 radical (unpaired) electrons. The monoisotopic (exact) mass is 550 g/mol. The van der Waals surface area contributed by atoms with Crippen molar-refractivity contribution < 1.29 is 13.2 Å². The van der Waals surface area contributed by atoms with Crippen molar-refractivity contribution in [3.63, 3.8) is 0 Å². The molecule has 36 heavy (non-hydrogen) atoms. The van der Waals surface area contributed by atoms with Gasteiger partial charge in [-0.1, -0.05) is 24.3 Å². The number of halogens is 1. The number of benzene rings is 2. The lowest BCUT2D eigenvalue weighted by atomic mass is 10.0. The fraction of sp³-hybridized carbons (Fsp3) is 0.462. The van der Waals surface area contributed by atoms with E-state index >= 15 is 0 Å². The minimum absolute atomic E-state index is 0. The van der Waals surface area contributed by atoms with Crippen LogP contribution < -0.4 is 4.90 Å². The molecule has 7 nitrogen and oxygen atoms in total. The number of likely N-dealkylation sites (N-methyl/N-ethyl adjacent to an activating group) is 1. The molecule has 0 bridgehead atoms. The van der Waals surface area contributed by atoms with Gasteiger partial charge in [0.1, 0.15) is 0 Å². The van der Waals surface area contributed by atoms with E-state index < -0.39 is 10.0 Å². The topological polar surface area (TPSA) is 73.8 Å². The van der Waals surface area contributed by atoms with E-state index in [9.17, 15) is 13.2 Å². The first-order chi connectivity index (χ1) is 16.6. The highest BCUT2D eigenvalue weighted by molar-refractivity contribution is 7.89. The Kier molecular flexibility index (Phi) is 9.16. The minimum Gasteiger partial charge on any atom is -0.308 e. The van der Waals surface area contributed by atoms with Crippen LogP contribution in [0.15, 0.2) is 41.3 Å². The van der Waals surface area contributed by atoms with Gasteiger partial charge in [-0.25, -0.2) is 13.4 Å². The van der Waals surface area contributed by atoms with Gasteiger partial charge in [-0.3, -0.25) is 9.69 Å². The van der Waals surface area contributed by atoms with Gasteiger partial charge in [-0.15, -0.1) is 12.4 Å². The summed E-state index contributed by atoms with van der Waals surface area (Å²) in [5, 5.41) is 0.652. The molecule has 0 aliphatic carbocycles. The average molecular weight is 551 g/mol. The zero-order chi connectivity index (χ0) is 25.3. The number of rotatable bonds is 7. The standard InChI is InChI=1S/C26H34N4O3S2.ClH/c1-18-7-6-14-29(17-18)35(32,33)22-11-9-21(10-12-22)25(31)30(16-15-28(4)5)26-27-24-20(3)19(2)8-13-23(24)34-26;/h8-13,18H,6-7,14-17H2,1-5H3;1H. The molecule has 0 saturated carbocycles. The molecular formula is C26H35ClN4O3S2. The highest BCUT2D eigenvalue weighted by Crippen LogP contribution is 2.33. The summed E-state index contributed by atoms with van der Waals surface area (Å²) in [5.74, 6) is 0.168. The second-order valence-corrected chi connectivity index (χ2v) is 12.7. The van der Waals surface area contributed by atoms with Crippen LogP contribution in [0.4, 0.5) is 5.13 Å². The van der Waals surface area contributed by atoms with Crippen molar-refractivity contribution in [3.05, 3.63) is 53.1 Å². The van der Waals surface area contributed by atoms with E-state index in [2.05, 4.69) is 32.9 Å². The Balaban J connectivity index is 0.00000361. The van der Waals surface area contributed by atoms with E-state index in [1.165, 1.54) is 16.9 Å². The Morgan fingerprint density at radius 1 is 1.11 bits per heavy atom. The Bertz CT molecular complexity index is 1320. The molecule has 0 spiro atoms. The second-order valence-electron chi connectivity index (χ2n) is 9.75. The molecule has 1 fully saturated rings. The van der Waals surface area contributed by atoms with Crippen LogP contribution in [0.25, 0.3) is 10.2 Å². The molecule has 1 amide bonds. The maximum Gasteiger partial charge on any atom is 0.260 e. The number of piperidine rings is 1. The van der Waals surface area contributed by atoms with Crippen molar-refractivity contribution in [1.29, 1.82) is 0 Å². The third-order valence-electron chi connectivity index (χ3n) is 6.68. The SMILES string of the molecule is Cc1ccc2sc(N(CCN(C)C)C(=O)c3ccc(S(=O)(=O)N4CCCC(C)C4)cc3)nc2c1C.Cl. The number of aromatic nitrogens is 1. The lowest BCUT2D eigenvalue weighted by Gasteiger charge is -2.30. The number of thiazole rings is 1. The van der Waals surface area contributed by atoms with Gasteiger partial charge >= 0.3 is 0 Å². The Hall–Kier alpha value is -2.04. The van der Waals surface area contributed by atoms with Crippen molar-refractivity contribution in [2.45, 2.75) is 38.5 Å². The van der Waals surface area contributed by atoms with Crippen LogP contribution in [0.3, 0.4) is 0 Å². The highest BCUT2D eigenvalue weighted by Gasteiger charge is 2.29. The van der Waals surface area contributed by atoms with E-state index in [1.54, 1.807) is 33.5 Å². The third-order valence-corrected chi connectivity index (χ3v) is 9.60. The maximum atomic E-state index is 13.6. The molecule has 2 aromatic carbocycles. The first kappa shape index (κ1) is 28.5. The van der Waals surface area contributed by atoms with Gasteiger partial charge in [0.2, 0.25) is 10.0 Å². The summed E-state index contributed by atoms with van der Waals surface area (Å²) in [6, 6.07) is 10.5. The van der Waals surface area contributed by atoms with Crippen LogP contribution in [-0.2, 0) is 10.0 Å². The molecule has 1 saturated heterocycles. The lowest BCUT2D eigenvalue weighted by Crippen LogP contribution is -2.39. The number of hydrogen-bond acceptors (Lipinski definition) is 6. The number of carbonyl (C=O) groups is 1. The highest BCUT2D eigenvalue weighted by atomic mass is 35.5. The lowest BCUT2D eigenvalue weighted by molar-refractivity contribution is 0.0985. The number of fused-ring (bicyclic) bond motifs is 1. The predicted octanol–water partition coefficient (Wildman–Crippen LogP) is 4.96. The van der Waals surface area contributed by atoms with E-state index in [1.807, 2.05) is 19.0 Å². The molecule has 1 aromatic heterocycles. The van der Waals surface area contributed by atoms with Crippen LogP contribution in [0.5, 0.6) is 0 Å². The quantitative estimate of drug-likeness (QED) is 0.415. The van der Waals surface area contributed by atoms with Gasteiger partial charge in [0.25, 0.3) is 5.91 Å². The number of sulfonamides is 1. The van der Waals surface area contributed by atoms with Crippen LogP contribution in [0.1, 0.15) is 41.3 Å². The van der Waals surface area contributed by atoms with Crippen LogP contribution in [-0.4, -0.2) is 68.8 Å². The van der Waals surface area contributed by atoms with Crippen LogP contribution in [0.2, 0.25) is 0 Å². The minimum atomic E-state index is -3.57. The van der Waals surface area contributed by atoms with Gasteiger partial charge in [-0.05, 0) is 88.2 Å². The number of hydrogen-bond donors (Lipinski definition) is 0. The first-order valence-electron chi connectivity index (χ1n) is 12.0. The summed E-state index contributed by atoms with van der Waals surface area (Å²) < 4.78 is 28.9. The summed E-state index contributed by atoms with van der Waals surface area (Å²) in [6.45, 7) is 8.43. The molecular weight excluding hydrogens is 516 g/mol. The Labute approximate surface area is 224 Å². The molecule has 10 heteroatoms. The van der Waals surface area contributed by atoms with Crippen molar-refractivity contribution in [2.24, 2.45) is 5.92 Å². The summed E-state index contributed by atoms with van der Waals surface area (Å²) in [6.07, 6.45) is 1.92. The number of anilines is 1. The van der Waals surface area contributed by atoms with E-state index in [0.717, 1.165) is 28.6 Å². The fourth-order valence-corrected chi connectivity index (χ4v) is 7.00.